The van der Waals surface area contributed by atoms with Gasteiger partial charge in [0, 0.05) is 11.8 Å². The van der Waals surface area contributed by atoms with Crippen LogP contribution in [0, 0.1) is 5.92 Å². The lowest BCUT2D eigenvalue weighted by molar-refractivity contribution is -0.146. The number of phenolic OH excluding ortho intramolecular Hbond substituents is 1. The van der Waals surface area contributed by atoms with Gasteiger partial charge in [0.05, 0.1) is 0 Å². The molecule has 0 bridgehead atoms. The molecule has 0 aromatic heterocycles. The minimum Gasteiger partial charge on any atom is -0.508 e. The topological polar surface area (TPSA) is 57.5 Å². The van der Waals surface area contributed by atoms with Crippen LogP contribution in [0.5, 0.6) is 5.75 Å². The Morgan fingerprint density at radius 1 is 1.40 bits per heavy atom. The Labute approximate surface area is 119 Å². The molecule has 1 fully saturated rings. The zero-order valence-corrected chi connectivity index (χ0v) is 12.1. The van der Waals surface area contributed by atoms with Crippen molar-refractivity contribution in [3.63, 3.8) is 0 Å². The summed E-state index contributed by atoms with van der Waals surface area (Å²) < 4.78 is 0. The van der Waals surface area contributed by atoms with Crippen LogP contribution in [0.1, 0.15) is 50.7 Å². The van der Waals surface area contributed by atoms with E-state index in [1.807, 2.05) is 12.1 Å². The third-order valence-electron chi connectivity index (χ3n) is 5.49. The number of aliphatic hydroxyl groups is 1. The number of benzene rings is 1. The molecule has 0 unspecified atom stereocenters. The van der Waals surface area contributed by atoms with E-state index in [0.29, 0.717) is 24.5 Å². The minimum absolute atomic E-state index is 0.0196. The summed E-state index contributed by atoms with van der Waals surface area (Å²) in [4.78, 5) is 12.1. The Morgan fingerprint density at radius 3 is 2.85 bits per heavy atom. The van der Waals surface area contributed by atoms with Crippen LogP contribution in [0.3, 0.4) is 0 Å². The van der Waals surface area contributed by atoms with Crippen LogP contribution >= 0.6 is 0 Å². The average Bonchev–Trinajstić information content (AvgIpc) is 2.39. The molecule has 108 valence electrons. The van der Waals surface area contributed by atoms with Crippen molar-refractivity contribution in [3.8, 4) is 5.75 Å². The number of carbonyl (C=O) groups is 1. The van der Waals surface area contributed by atoms with Gasteiger partial charge in [-0.2, -0.15) is 0 Å². The largest absolute Gasteiger partial charge is 0.508 e. The number of aryl methyl sites for hydroxylation is 1. The lowest BCUT2D eigenvalue weighted by Gasteiger charge is -2.52. The molecule has 2 aliphatic rings. The minimum atomic E-state index is -1.22. The Bertz CT molecular complexity index is 561. The first kappa shape index (κ1) is 13.6. The Balaban J connectivity index is 2.14. The third-order valence-corrected chi connectivity index (χ3v) is 5.49. The molecule has 3 atom stereocenters. The van der Waals surface area contributed by atoms with Gasteiger partial charge in [0.15, 0.2) is 5.78 Å². The first-order chi connectivity index (χ1) is 9.39. The fourth-order valence-electron chi connectivity index (χ4n) is 4.40. The highest BCUT2D eigenvalue weighted by atomic mass is 16.3. The summed E-state index contributed by atoms with van der Waals surface area (Å²) >= 11 is 0. The van der Waals surface area contributed by atoms with Gasteiger partial charge in [-0.15, -0.1) is 0 Å². The molecule has 3 nitrogen and oxygen atoms in total. The molecule has 1 aromatic rings. The molecular weight excluding hydrogens is 252 g/mol. The number of Topliss-reactive ketones (excluding diaryl/α,β-unsaturated/α-hetero) is 1. The molecule has 2 N–H and O–H groups in total. The molecule has 1 aromatic carbocycles. The average molecular weight is 274 g/mol. The van der Waals surface area contributed by atoms with Crippen molar-refractivity contribution in [2.45, 2.75) is 57.0 Å². The lowest BCUT2D eigenvalue weighted by atomic mass is 9.53. The molecular formula is C17H22O3. The Morgan fingerprint density at radius 2 is 2.15 bits per heavy atom. The Hall–Kier alpha value is -1.35. The van der Waals surface area contributed by atoms with Crippen molar-refractivity contribution >= 4 is 5.78 Å². The molecule has 3 rings (SSSR count). The predicted octanol–water partition coefficient (Wildman–Crippen LogP) is 2.72. The SMILES string of the molecule is CC[C@@]12C[C@@](C)(O)C(=O)C[C@H]1CCc1cc(O)ccc12. The maximum absolute atomic E-state index is 12.1. The number of aromatic hydroxyl groups is 1. The summed E-state index contributed by atoms with van der Waals surface area (Å²) in [6, 6.07) is 5.56. The standard InChI is InChI=1S/C17H22O3/c1-3-17-10-16(2,20)15(19)9-12(17)5-4-11-8-13(18)6-7-14(11)17/h6-8,12,18,20H,3-5,9-10H2,1-2H3/t12-,16-,17-/m1/s1. The highest BCUT2D eigenvalue weighted by Gasteiger charge is 2.53. The maximum Gasteiger partial charge on any atom is 0.164 e. The lowest BCUT2D eigenvalue weighted by Crippen LogP contribution is -2.54. The fourth-order valence-corrected chi connectivity index (χ4v) is 4.40. The smallest absolute Gasteiger partial charge is 0.164 e. The second kappa shape index (κ2) is 4.32. The summed E-state index contributed by atoms with van der Waals surface area (Å²) in [6.07, 6.45) is 3.76. The summed E-state index contributed by atoms with van der Waals surface area (Å²) in [7, 11) is 0. The van der Waals surface area contributed by atoms with E-state index in [1.54, 1.807) is 13.0 Å². The summed E-state index contributed by atoms with van der Waals surface area (Å²) in [5.74, 6) is 0.596. The van der Waals surface area contributed by atoms with Gasteiger partial charge in [-0.25, -0.2) is 0 Å². The van der Waals surface area contributed by atoms with Crippen molar-refractivity contribution in [2.75, 3.05) is 0 Å². The summed E-state index contributed by atoms with van der Waals surface area (Å²) in [5, 5.41) is 20.1. The van der Waals surface area contributed by atoms with Crippen LogP contribution < -0.4 is 0 Å². The number of hydrogen-bond donors (Lipinski definition) is 2. The maximum atomic E-state index is 12.1. The van der Waals surface area contributed by atoms with E-state index < -0.39 is 5.60 Å². The highest BCUT2D eigenvalue weighted by molar-refractivity contribution is 5.88. The summed E-state index contributed by atoms with van der Waals surface area (Å²) in [6.45, 7) is 3.79. The number of phenols is 1. The predicted molar refractivity (Wildman–Crippen MR) is 76.8 cm³/mol. The van der Waals surface area contributed by atoms with Crippen LogP contribution in [0.15, 0.2) is 18.2 Å². The van der Waals surface area contributed by atoms with Crippen LogP contribution in [0.25, 0.3) is 0 Å². The van der Waals surface area contributed by atoms with Gasteiger partial charge in [-0.3, -0.25) is 4.79 Å². The number of rotatable bonds is 1. The van der Waals surface area contributed by atoms with Crippen molar-refractivity contribution in [2.24, 2.45) is 5.92 Å². The van der Waals surface area contributed by atoms with Gasteiger partial charge in [-0.05, 0) is 61.8 Å². The highest BCUT2D eigenvalue weighted by Crippen LogP contribution is 2.53. The van der Waals surface area contributed by atoms with Crippen LogP contribution in [0.4, 0.5) is 0 Å². The molecule has 20 heavy (non-hydrogen) atoms. The van der Waals surface area contributed by atoms with E-state index in [-0.39, 0.29) is 11.2 Å². The fraction of sp³-hybridized carbons (Fsp3) is 0.588. The van der Waals surface area contributed by atoms with Gasteiger partial charge in [0.1, 0.15) is 11.4 Å². The van der Waals surface area contributed by atoms with Crippen molar-refractivity contribution in [1.82, 2.24) is 0 Å². The zero-order chi connectivity index (χ0) is 14.5. The van der Waals surface area contributed by atoms with Gasteiger partial charge >= 0.3 is 0 Å². The van der Waals surface area contributed by atoms with Gasteiger partial charge in [0.2, 0.25) is 0 Å². The van der Waals surface area contributed by atoms with E-state index in [2.05, 4.69) is 6.92 Å². The number of carbonyl (C=O) groups excluding carboxylic acids is 1. The molecule has 0 amide bonds. The van der Waals surface area contributed by atoms with E-state index in [4.69, 9.17) is 0 Å². The van der Waals surface area contributed by atoms with Crippen LogP contribution in [-0.2, 0) is 16.6 Å². The van der Waals surface area contributed by atoms with Crippen molar-refractivity contribution < 1.29 is 15.0 Å². The van der Waals surface area contributed by atoms with Gasteiger partial charge in [0.25, 0.3) is 0 Å². The third kappa shape index (κ3) is 1.80. The van der Waals surface area contributed by atoms with Crippen molar-refractivity contribution in [1.29, 1.82) is 0 Å². The van der Waals surface area contributed by atoms with Crippen LogP contribution in [-0.4, -0.2) is 21.6 Å². The quantitative estimate of drug-likeness (QED) is 0.828. The molecule has 3 heteroatoms. The van der Waals surface area contributed by atoms with E-state index in [9.17, 15) is 15.0 Å². The van der Waals surface area contributed by atoms with Crippen LogP contribution in [0.2, 0.25) is 0 Å². The molecule has 0 radical (unpaired) electrons. The number of hydrogen-bond acceptors (Lipinski definition) is 3. The van der Waals surface area contributed by atoms with Crippen molar-refractivity contribution in [3.05, 3.63) is 29.3 Å². The molecule has 0 aliphatic heterocycles. The number of ketones is 1. The van der Waals surface area contributed by atoms with Gasteiger partial charge in [-0.1, -0.05) is 13.0 Å². The Kier molecular flexibility index (Phi) is 2.94. The molecule has 1 saturated carbocycles. The second-order valence-electron chi connectivity index (χ2n) is 6.66. The normalized spacial score (nSPS) is 36.4. The molecule has 2 aliphatic carbocycles. The van der Waals surface area contributed by atoms with E-state index in [1.165, 1.54) is 11.1 Å². The molecule has 0 saturated heterocycles. The second-order valence-corrected chi connectivity index (χ2v) is 6.66. The first-order valence-electron chi connectivity index (χ1n) is 7.47. The molecule has 0 spiro atoms. The zero-order valence-electron chi connectivity index (χ0n) is 12.1. The van der Waals surface area contributed by atoms with E-state index in [0.717, 1.165) is 19.3 Å². The van der Waals surface area contributed by atoms with Gasteiger partial charge < -0.3 is 10.2 Å². The first-order valence-corrected chi connectivity index (χ1v) is 7.47. The number of fused-ring (bicyclic) bond motifs is 3. The monoisotopic (exact) mass is 274 g/mol. The van der Waals surface area contributed by atoms with E-state index >= 15 is 0 Å². The molecule has 0 heterocycles. The summed E-state index contributed by atoms with van der Waals surface area (Å²) in [5.41, 5.74) is 1.05.